The van der Waals surface area contributed by atoms with E-state index in [1.54, 1.807) is 6.33 Å². The van der Waals surface area contributed by atoms with E-state index in [1.165, 1.54) is 0 Å². The number of hydrogen-bond acceptors (Lipinski definition) is 5. The van der Waals surface area contributed by atoms with E-state index in [9.17, 15) is 5.26 Å². The number of fused-ring (bicyclic) bond motifs is 1. The maximum atomic E-state index is 9.46. The quantitative estimate of drug-likeness (QED) is 0.779. The van der Waals surface area contributed by atoms with Crippen LogP contribution in [0.3, 0.4) is 0 Å². The summed E-state index contributed by atoms with van der Waals surface area (Å²) in [5, 5.41) is 14.1. The number of nitrogens with zero attached hydrogens (tertiary/aromatic N) is 4. The van der Waals surface area contributed by atoms with Crippen molar-refractivity contribution in [2.75, 3.05) is 5.32 Å². The Kier molecular flexibility index (Phi) is 5.33. The fraction of sp³-hybridized carbons (Fsp3) is 0.650. The molecule has 2 aromatic heterocycles. The molecule has 1 saturated carbocycles. The van der Waals surface area contributed by atoms with Gasteiger partial charge in [0.05, 0.1) is 10.9 Å². The first-order valence-electron chi connectivity index (χ1n) is 9.77. The van der Waals surface area contributed by atoms with Gasteiger partial charge >= 0.3 is 0 Å². The Balaban J connectivity index is 1.77. The smallest absolute Gasteiger partial charge is 0.192 e. The molecule has 0 aliphatic heterocycles. The van der Waals surface area contributed by atoms with Crippen LogP contribution in [0.25, 0.3) is 11.0 Å². The van der Waals surface area contributed by atoms with Crippen molar-refractivity contribution in [3.05, 3.63) is 18.1 Å². The van der Waals surface area contributed by atoms with Crippen LogP contribution in [-0.2, 0) is 11.5 Å². The van der Waals surface area contributed by atoms with Crippen molar-refractivity contribution in [3.8, 4) is 6.07 Å². The first kappa shape index (κ1) is 19.8. The maximum absolute atomic E-state index is 9.46. The molecule has 0 unspecified atom stereocenters. The van der Waals surface area contributed by atoms with Crippen LogP contribution in [0.1, 0.15) is 52.0 Å². The van der Waals surface area contributed by atoms with Crippen molar-refractivity contribution < 1.29 is 4.43 Å². The Hall–Kier alpha value is -1.91. The summed E-state index contributed by atoms with van der Waals surface area (Å²) in [7, 11) is 0.138. The zero-order valence-electron chi connectivity index (χ0n) is 17.3. The summed E-state index contributed by atoms with van der Waals surface area (Å²) in [5.74, 6) is 0.759. The van der Waals surface area contributed by atoms with E-state index >= 15 is 0 Å². The lowest BCUT2D eigenvalue weighted by atomic mass is 9.93. The second kappa shape index (κ2) is 7.25. The third-order valence-corrected chi connectivity index (χ3v) is 10.6. The molecule has 1 aliphatic rings. The molecule has 0 aromatic carbocycles. The molecule has 0 saturated heterocycles. The van der Waals surface area contributed by atoms with Crippen LogP contribution in [-0.4, -0.2) is 35.0 Å². The van der Waals surface area contributed by atoms with E-state index in [2.05, 4.69) is 55.2 Å². The third kappa shape index (κ3) is 4.02. The Morgan fingerprint density at radius 3 is 2.70 bits per heavy atom. The number of nitrogens with one attached hydrogen (secondary N) is 1. The van der Waals surface area contributed by atoms with Crippen molar-refractivity contribution in [3.63, 3.8) is 0 Å². The summed E-state index contributed by atoms with van der Waals surface area (Å²) in [4.78, 5) is 8.78. The number of anilines is 1. The summed E-state index contributed by atoms with van der Waals surface area (Å²) in [6, 6.07) is 2.57. The highest BCUT2D eigenvalue weighted by Gasteiger charge is 2.40. The van der Waals surface area contributed by atoms with E-state index in [4.69, 9.17) is 4.43 Å². The van der Waals surface area contributed by atoms with Crippen LogP contribution < -0.4 is 5.32 Å². The van der Waals surface area contributed by atoms with Crippen molar-refractivity contribution in [2.45, 2.75) is 76.7 Å². The van der Waals surface area contributed by atoms with Crippen molar-refractivity contribution in [1.82, 2.24) is 14.5 Å². The number of hydrogen-bond donors (Lipinski definition) is 1. The van der Waals surface area contributed by atoms with Crippen LogP contribution in [0, 0.1) is 11.3 Å². The molecule has 0 amide bonds. The topological polar surface area (TPSA) is 75.8 Å². The van der Waals surface area contributed by atoms with Crippen LogP contribution in [0.15, 0.2) is 12.5 Å². The molecule has 6 nitrogen and oxygen atoms in total. The highest BCUT2D eigenvalue weighted by atomic mass is 28.4. The normalized spacial score (nSPS) is 21.2. The van der Waals surface area contributed by atoms with E-state index in [-0.39, 0.29) is 5.04 Å². The van der Waals surface area contributed by atoms with Crippen LogP contribution in [0.4, 0.5) is 5.82 Å². The summed E-state index contributed by atoms with van der Waals surface area (Å²) in [5.41, 5.74) is 1.40. The van der Waals surface area contributed by atoms with Crippen molar-refractivity contribution in [2.24, 2.45) is 7.05 Å². The number of nitriles is 1. The average molecular weight is 386 g/mol. The summed E-state index contributed by atoms with van der Waals surface area (Å²) < 4.78 is 8.54. The molecule has 146 valence electrons. The molecule has 1 aliphatic carbocycles. The SMILES string of the molecule is Cn1cc(C#N)c2c(N[C@H]3CCC[C@@H](O[Si](C)(C)C(C)(C)C)C3)ncnc21. The lowest BCUT2D eigenvalue weighted by Crippen LogP contribution is -2.46. The molecular formula is C20H31N5OSi. The highest BCUT2D eigenvalue weighted by Crippen LogP contribution is 2.39. The largest absolute Gasteiger partial charge is 0.414 e. The zero-order chi connectivity index (χ0) is 19.8. The van der Waals surface area contributed by atoms with Gasteiger partial charge in [0.25, 0.3) is 0 Å². The van der Waals surface area contributed by atoms with Gasteiger partial charge in [0.15, 0.2) is 8.32 Å². The Labute approximate surface area is 163 Å². The van der Waals surface area contributed by atoms with Gasteiger partial charge in [-0.1, -0.05) is 20.8 Å². The van der Waals surface area contributed by atoms with Crippen LogP contribution >= 0.6 is 0 Å². The second-order valence-corrected chi connectivity index (χ2v) is 14.0. The van der Waals surface area contributed by atoms with Crippen LogP contribution in [0.2, 0.25) is 18.1 Å². The van der Waals surface area contributed by atoms with Crippen molar-refractivity contribution >= 4 is 25.2 Å². The second-order valence-electron chi connectivity index (χ2n) is 9.19. The number of aromatic nitrogens is 3. The molecule has 7 heteroatoms. The van der Waals surface area contributed by atoms with E-state index < -0.39 is 8.32 Å². The molecule has 2 atom stereocenters. The fourth-order valence-electron chi connectivity index (χ4n) is 3.58. The van der Waals surface area contributed by atoms with Gasteiger partial charge in [-0.3, -0.25) is 0 Å². The summed E-state index contributed by atoms with van der Waals surface area (Å²) >= 11 is 0. The van der Waals surface area contributed by atoms with E-state index in [1.807, 2.05) is 17.8 Å². The van der Waals surface area contributed by atoms with E-state index in [0.717, 1.165) is 42.5 Å². The molecule has 3 rings (SSSR count). The fourth-order valence-corrected chi connectivity index (χ4v) is 4.98. The lowest BCUT2D eigenvalue weighted by Gasteiger charge is -2.41. The van der Waals surface area contributed by atoms with Crippen molar-refractivity contribution in [1.29, 1.82) is 5.26 Å². The molecule has 0 spiro atoms. The highest BCUT2D eigenvalue weighted by molar-refractivity contribution is 6.74. The number of rotatable bonds is 4. The molecule has 2 heterocycles. The van der Waals surface area contributed by atoms with Gasteiger partial charge in [-0.05, 0) is 43.8 Å². The molecule has 27 heavy (non-hydrogen) atoms. The van der Waals surface area contributed by atoms with Gasteiger partial charge in [-0.2, -0.15) is 5.26 Å². The average Bonchev–Trinajstić information content (AvgIpc) is 2.91. The first-order valence-corrected chi connectivity index (χ1v) is 12.7. The van der Waals surface area contributed by atoms with Gasteiger partial charge in [0, 0.05) is 25.4 Å². The van der Waals surface area contributed by atoms with Gasteiger partial charge in [0.2, 0.25) is 0 Å². The lowest BCUT2D eigenvalue weighted by molar-refractivity contribution is 0.132. The van der Waals surface area contributed by atoms with Gasteiger partial charge < -0.3 is 14.3 Å². The first-order chi connectivity index (χ1) is 12.6. The van der Waals surface area contributed by atoms with Gasteiger partial charge in [-0.25, -0.2) is 9.97 Å². The molecule has 1 N–H and O–H groups in total. The van der Waals surface area contributed by atoms with Gasteiger partial charge in [0.1, 0.15) is 23.9 Å². The standard InChI is InChI=1S/C20H31N5OSi/c1-20(2,3)27(5,6)26-16-9-7-8-15(10-16)24-18-17-14(11-21)12-25(4)19(17)23-13-22-18/h12-13,15-16H,7-10H2,1-6H3,(H,22,23,24)/t15-,16+/m0/s1. The van der Waals surface area contributed by atoms with E-state index in [0.29, 0.717) is 17.7 Å². The molecule has 0 radical (unpaired) electrons. The minimum atomic E-state index is -1.77. The number of aryl methyl sites for hydroxylation is 1. The Morgan fingerprint density at radius 1 is 1.30 bits per heavy atom. The summed E-state index contributed by atoms with van der Waals surface area (Å²) in [6.45, 7) is 11.5. The van der Waals surface area contributed by atoms with Crippen LogP contribution in [0.5, 0.6) is 0 Å². The molecule has 1 fully saturated rings. The summed E-state index contributed by atoms with van der Waals surface area (Å²) in [6.07, 6.45) is 8.02. The zero-order valence-corrected chi connectivity index (χ0v) is 18.3. The molecular weight excluding hydrogens is 354 g/mol. The van der Waals surface area contributed by atoms with Gasteiger partial charge in [-0.15, -0.1) is 0 Å². The Morgan fingerprint density at radius 2 is 2.04 bits per heavy atom. The maximum Gasteiger partial charge on any atom is 0.192 e. The molecule has 2 aromatic rings. The predicted octanol–water partition coefficient (Wildman–Crippen LogP) is 4.58. The predicted molar refractivity (Wildman–Crippen MR) is 111 cm³/mol. The Bertz CT molecular complexity index is 862. The monoisotopic (exact) mass is 385 g/mol. The third-order valence-electron chi connectivity index (χ3n) is 6.11. The minimum absolute atomic E-state index is 0.220. The minimum Gasteiger partial charge on any atom is -0.414 e. The molecule has 0 bridgehead atoms.